The third-order valence-electron chi connectivity index (χ3n) is 3.63. The van der Waals surface area contributed by atoms with Gasteiger partial charge in [0.05, 0.1) is 18.2 Å². The van der Waals surface area contributed by atoms with Crippen LogP contribution in [-0.4, -0.2) is 34.2 Å². The SMILES string of the molecule is O=c1cc2c(=O)n([C@]3(C(F)(F)F)CCOC3)ncc2c[nH]1. The minimum atomic E-state index is -4.69. The number of fused-ring (bicyclic) bond motifs is 1. The highest BCUT2D eigenvalue weighted by molar-refractivity contribution is 5.79. The predicted molar refractivity (Wildman–Crippen MR) is 66.1 cm³/mol. The van der Waals surface area contributed by atoms with Crippen LogP contribution in [0.25, 0.3) is 10.8 Å². The molecule has 0 spiro atoms. The number of alkyl halides is 3. The van der Waals surface area contributed by atoms with Gasteiger partial charge in [-0.05, 0) is 0 Å². The highest BCUT2D eigenvalue weighted by Crippen LogP contribution is 2.41. The maximum Gasteiger partial charge on any atom is 0.416 e. The van der Waals surface area contributed by atoms with E-state index in [0.29, 0.717) is 4.68 Å². The van der Waals surface area contributed by atoms with Crippen molar-refractivity contribution in [1.82, 2.24) is 14.8 Å². The first kappa shape index (κ1) is 13.8. The lowest BCUT2D eigenvalue weighted by atomic mass is 9.98. The Bertz CT molecular complexity index is 803. The summed E-state index contributed by atoms with van der Waals surface area (Å²) in [7, 11) is 0. The molecule has 6 nitrogen and oxygen atoms in total. The molecule has 1 N–H and O–H groups in total. The van der Waals surface area contributed by atoms with Crippen molar-refractivity contribution in [3.05, 3.63) is 39.2 Å². The minimum Gasteiger partial charge on any atom is -0.378 e. The lowest BCUT2D eigenvalue weighted by Crippen LogP contribution is -2.53. The van der Waals surface area contributed by atoms with Crippen molar-refractivity contribution >= 4 is 10.8 Å². The Morgan fingerprint density at radius 3 is 2.76 bits per heavy atom. The first-order valence-electron chi connectivity index (χ1n) is 6.11. The second-order valence-electron chi connectivity index (χ2n) is 4.86. The van der Waals surface area contributed by atoms with E-state index in [1.807, 2.05) is 0 Å². The second kappa shape index (κ2) is 4.42. The van der Waals surface area contributed by atoms with Crippen molar-refractivity contribution in [3.63, 3.8) is 0 Å². The highest BCUT2D eigenvalue weighted by atomic mass is 19.4. The molecular weight excluding hydrogens is 291 g/mol. The van der Waals surface area contributed by atoms with Gasteiger partial charge in [0.2, 0.25) is 5.56 Å². The molecule has 1 aliphatic rings. The van der Waals surface area contributed by atoms with Crippen LogP contribution in [0.15, 0.2) is 28.0 Å². The van der Waals surface area contributed by atoms with Gasteiger partial charge in [0.25, 0.3) is 5.56 Å². The maximum atomic E-state index is 13.4. The zero-order valence-electron chi connectivity index (χ0n) is 10.6. The minimum absolute atomic E-state index is 0.107. The molecule has 2 aromatic rings. The zero-order chi connectivity index (χ0) is 15.3. The van der Waals surface area contributed by atoms with Crippen LogP contribution in [0.1, 0.15) is 6.42 Å². The van der Waals surface area contributed by atoms with E-state index in [0.717, 1.165) is 12.3 Å². The molecule has 0 bridgehead atoms. The number of nitrogens with zero attached hydrogens (tertiary/aromatic N) is 2. The van der Waals surface area contributed by atoms with Gasteiger partial charge < -0.3 is 9.72 Å². The molecule has 0 amide bonds. The fraction of sp³-hybridized carbons (Fsp3) is 0.417. The van der Waals surface area contributed by atoms with Crippen LogP contribution >= 0.6 is 0 Å². The summed E-state index contributed by atoms with van der Waals surface area (Å²) >= 11 is 0. The molecule has 9 heteroatoms. The summed E-state index contributed by atoms with van der Waals surface area (Å²) in [5.41, 5.74) is -4.01. The standard InChI is InChI=1S/C12H10F3N3O3/c13-12(14,15)11(1-2-21-6-11)18-10(20)8-3-9(19)16-4-7(8)5-17-18/h3-5H,1-2,6H2,(H,16,19)/t11-/m1/s1. The number of aromatic amines is 1. The summed E-state index contributed by atoms with van der Waals surface area (Å²) in [5, 5.41) is 3.80. The Hall–Kier alpha value is -2.16. The Kier molecular flexibility index (Phi) is 2.90. The number of hydrogen-bond donors (Lipinski definition) is 1. The Morgan fingerprint density at radius 2 is 2.14 bits per heavy atom. The first-order chi connectivity index (χ1) is 9.85. The molecule has 1 saturated heterocycles. The van der Waals surface area contributed by atoms with E-state index in [-0.39, 0.29) is 17.4 Å². The van der Waals surface area contributed by atoms with Gasteiger partial charge in [-0.25, -0.2) is 4.68 Å². The number of H-pyrrole nitrogens is 1. The molecule has 1 fully saturated rings. The predicted octanol–water partition coefficient (Wildman–Crippen LogP) is 0.763. The summed E-state index contributed by atoms with van der Waals surface area (Å²) < 4.78 is 45.5. The lowest BCUT2D eigenvalue weighted by molar-refractivity contribution is -0.218. The quantitative estimate of drug-likeness (QED) is 0.844. The summed E-state index contributed by atoms with van der Waals surface area (Å²) in [6.45, 7) is -0.779. The molecule has 3 rings (SSSR count). The van der Waals surface area contributed by atoms with Crippen LogP contribution in [0, 0.1) is 0 Å². The van der Waals surface area contributed by atoms with Gasteiger partial charge in [-0.3, -0.25) is 9.59 Å². The molecule has 0 saturated carbocycles. The Labute approximate surface area is 115 Å². The average Bonchev–Trinajstić information content (AvgIpc) is 2.90. The molecule has 112 valence electrons. The molecule has 0 unspecified atom stereocenters. The highest BCUT2D eigenvalue weighted by Gasteiger charge is 2.60. The van der Waals surface area contributed by atoms with Crippen LogP contribution < -0.4 is 11.1 Å². The van der Waals surface area contributed by atoms with E-state index in [4.69, 9.17) is 4.74 Å². The topological polar surface area (TPSA) is 77.0 Å². The fourth-order valence-corrected chi connectivity index (χ4v) is 2.43. The molecular formula is C12H10F3N3O3. The lowest BCUT2D eigenvalue weighted by Gasteiger charge is -2.30. The number of ether oxygens (including phenoxy) is 1. The van der Waals surface area contributed by atoms with E-state index < -0.39 is 35.9 Å². The van der Waals surface area contributed by atoms with Gasteiger partial charge in [-0.1, -0.05) is 0 Å². The third kappa shape index (κ3) is 1.96. The molecule has 1 atom stereocenters. The third-order valence-corrected chi connectivity index (χ3v) is 3.63. The average molecular weight is 301 g/mol. The largest absolute Gasteiger partial charge is 0.416 e. The van der Waals surface area contributed by atoms with E-state index in [2.05, 4.69) is 10.1 Å². The molecule has 2 aromatic heterocycles. The molecule has 0 radical (unpaired) electrons. The van der Waals surface area contributed by atoms with Crippen LogP contribution in [0.2, 0.25) is 0 Å². The summed E-state index contributed by atoms with van der Waals surface area (Å²) in [4.78, 5) is 25.9. The van der Waals surface area contributed by atoms with Crippen LogP contribution in [-0.2, 0) is 10.3 Å². The number of halogens is 3. The van der Waals surface area contributed by atoms with Crippen molar-refractivity contribution < 1.29 is 17.9 Å². The number of hydrogen-bond acceptors (Lipinski definition) is 4. The normalized spacial score (nSPS) is 22.8. The van der Waals surface area contributed by atoms with E-state index >= 15 is 0 Å². The molecule has 0 aromatic carbocycles. The van der Waals surface area contributed by atoms with Crippen molar-refractivity contribution in [1.29, 1.82) is 0 Å². The number of nitrogens with one attached hydrogen (secondary N) is 1. The smallest absolute Gasteiger partial charge is 0.378 e. The van der Waals surface area contributed by atoms with Crippen molar-refractivity contribution in [2.45, 2.75) is 18.1 Å². The van der Waals surface area contributed by atoms with Gasteiger partial charge in [-0.2, -0.15) is 18.3 Å². The van der Waals surface area contributed by atoms with Crippen molar-refractivity contribution in [3.8, 4) is 0 Å². The Balaban J connectivity index is 2.32. The molecule has 1 aliphatic heterocycles. The summed E-state index contributed by atoms with van der Waals surface area (Å²) in [5.74, 6) is 0. The maximum absolute atomic E-state index is 13.4. The number of pyridine rings is 1. The first-order valence-corrected chi connectivity index (χ1v) is 6.11. The Morgan fingerprint density at radius 1 is 1.38 bits per heavy atom. The van der Waals surface area contributed by atoms with Gasteiger partial charge >= 0.3 is 6.18 Å². The zero-order valence-corrected chi connectivity index (χ0v) is 10.6. The van der Waals surface area contributed by atoms with Crippen LogP contribution in [0.5, 0.6) is 0 Å². The second-order valence-corrected chi connectivity index (χ2v) is 4.86. The number of aromatic nitrogens is 3. The van der Waals surface area contributed by atoms with Gasteiger partial charge in [0, 0.05) is 30.7 Å². The van der Waals surface area contributed by atoms with E-state index in [9.17, 15) is 22.8 Å². The van der Waals surface area contributed by atoms with Crippen LogP contribution in [0.4, 0.5) is 13.2 Å². The van der Waals surface area contributed by atoms with Gasteiger partial charge in [-0.15, -0.1) is 0 Å². The van der Waals surface area contributed by atoms with E-state index in [1.54, 1.807) is 0 Å². The fourth-order valence-electron chi connectivity index (χ4n) is 2.43. The van der Waals surface area contributed by atoms with Gasteiger partial charge in [0.1, 0.15) is 0 Å². The van der Waals surface area contributed by atoms with Crippen molar-refractivity contribution in [2.75, 3.05) is 13.2 Å². The van der Waals surface area contributed by atoms with Crippen molar-refractivity contribution in [2.24, 2.45) is 0 Å². The monoisotopic (exact) mass is 301 g/mol. The molecule has 3 heterocycles. The molecule has 0 aliphatic carbocycles. The van der Waals surface area contributed by atoms with Gasteiger partial charge in [0.15, 0.2) is 5.54 Å². The van der Waals surface area contributed by atoms with E-state index in [1.165, 1.54) is 6.20 Å². The summed E-state index contributed by atoms with van der Waals surface area (Å²) in [6, 6.07) is 0.968. The summed E-state index contributed by atoms with van der Waals surface area (Å²) in [6.07, 6.45) is -2.71. The van der Waals surface area contributed by atoms with Crippen LogP contribution in [0.3, 0.4) is 0 Å². The number of rotatable bonds is 1. The molecule has 21 heavy (non-hydrogen) atoms.